The molecule has 1 aromatic heterocycles. The van der Waals surface area contributed by atoms with E-state index in [0.717, 1.165) is 4.90 Å². The van der Waals surface area contributed by atoms with E-state index in [9.17, 15) is 24.0 Å². The maximum atomic E-state index is 12.4. The van der Waals surface area contributed by atoms with Crippen molar-refractivity contribution in [2.45, 2.75) is 13.8 Å². The van der Waals surface area contributed by atoms with Crippen molar-refractivity contribution in [3.05, 3.63) is 52.3 Å². The number of fused-ring (bicyclic) bond motifs is 1. The minimum atomic E-state index is -1.01. The molecule has 0 bridgehead atoms. The summed E-state index contributed by atoms with van der Waals surface area (Å²) in [5, 5.41) is 2.28. The Labute approximate surface area is 164 Å². The van der Waals surface area contributed by atoms with Crippen molar-refractivity contribution >= 4 is 35.5 Å². The summed E-state index contributed by atoms with van der Waals surface area (Å²) >= 11 is 0. The van der Waals surface area contributed by atoms with Crippen LogP contribution in [-0.2, 0) is 9.53 Å². The summed E-state index contributed by atoms with van der Waals surface area (Å²) in [6.45, 7) is 2.43. The molecule has 10 nitrogen and oxygen atoms in total. The molecule has 4 amide bonds. The average Bonchev–Trinajstić information content (AvgIpc) is 3.11. The number of rotatable bonds is 6. The molecular formula is C19H17N3O7. The maximum absolute atomic E-state index is 12.4. The molecule has 1 aliphatic heterocycles. The van der Waals surface area contributed by atoms with Crippen molar-refractivity contribution in [2.24, 2.45) is 5.73 Å². The molecule has 0 spiro atoms. The van der Waals surface area contributed by atoms with Gasteiger partial charge in [0.15, 0.2) is 0 Å². The van der Waals surface area contributed by atoms with Crippen LogP contribution in [0.25, 0.3) is 0 Å². The molecule has 3 rings (SSSR count). The van der Waals surface area contributed by atoms with Crippen molar-refractivity contribution < 1.29 is 33.1 Å². The first-order valence-corrected chi connectivity index (χ1v) is 8.61. The minimum absolute atomic E-state index is 0.0216. The summed E-state index contributed by atoms with van der Waals surface area (Å²) in [6, 6.07) is 6.19. The van der Waals surface area contributed by atoms with E-state index in [2.05, 4.69) is 5.32 Å². The predicted octanol–water partition coefficient (Wildman–Crippen LogP) is 1.10. The van der Waals surface area contributed by atoms with Gasteiger partial charge in [-0.05, 0) is 26.0 Å². The lowest BCUT2D eigenvalue weighted by Gasteiger charge is -2.13. The lowest BCUT2D eigenvalue weighted by atomic mass is 10.1. The topological polar surface area (TPSA) is 149 Å². The molecule has 0 radical (unpaired) electrons. The van der Waals surface area contributed by atoms with Crippen LogP contribution in [0.5, 0.6) is 0 Å². The van der Waals surface area contributed by atoms with Crippen molar-refractivity contribution in [2.75, 3.05) is 18.5 Å². The zero-order chi connectivity index (χ0) is 21.3. The van der Waals surface area contributed by atoms with Gasteiger partial charge in [0.25, 0.3) is 17.7 Å². The van der Waals surface area contributed by atoms with E-state index in [1.165, 1.54) is 19.1 Å². The first kappa shape index (κ1) is 19.8. The summed E-state index contributed by atoms with van der Waals surface area (Å²) in [4.78, 5) is 61.8. The number of carbonyl (C=O) groups excluding carboxylic acids is 5. The number of carbonyl (C=O) groups is 5. The standard InChI is InChI=1S/C19H17N3O7/c1-3-28-19(27)13-9(2)29-16(14(13)15(20)24)21-12(23)8-22-17(25)10-6-4-5-7-11(10)18(22)26/h4-7H,3,8H2,1-2H3,(H2,20,24)(H,21,23). The highest BCUT2D eigenvalue weighted by atomic mass is 16.5. The van der Waals surface area contributed by atoms with Crippen molar-refractivity contribution in [3.63, 3.8) is 0 Å². The Balaban J connectivity index is 1.83. The van der Waals surface area contributed by atoms with Crippen LogP contribution >= 0.6 is 0 Å². The highest BCUT2D eigenvalue weighted by Gasteiger charge is 2.37. The minimum Gasteiger partial charge on any atom is -0.462 e. The SMILES string of the molecule is CCOC(=O)c1c(C)oc(NC(=O)CN2C(=O)c3ccccc3C2=O)c1C(N)=O. The highest BCUT2D eigenvalue weighted by molar-refractivity contribution is 6.22. The fourth-order valence-corrected chi connectivity index (χ4v) is 3.01. The lowest BCUT2D eigenvalue weighted by Crippen LogP contribution is -2.37. The molecule has 0 saturated heterocycles. The summed E-state index contributed by atoms with van der Waals surface area (Å²) in [6.07, 6.45) is 0. The quantitative estimate of drug-likeness (QED) is 0.545. The number of nitrogens with one attached hydrogen (secondary N) is 1. The van der Waals surface area contributed by atoms with Crippen LogP contribution in [-0.4, -0.2) is 47.6 Å². The van der Waals surface area contributed by atoms with E-state index in [4.69, 9.17) is 14.9 Å². The van der Waals surface area contributed by atoms with E-state index < -0.39 is 36.1 Å². The number of furan rings is 1. The number of benzene rings is 1. The molecule has 0 fully saturated rings. The molecule has 2 heterocycles. The molecule has 10 heteroatoms. The van der Waals surface area contributed by atoms with E-state index in [1.807, 2.05) is 0 Å². The van der Waals surface area contributed by atoms with Gasteiger partial charge in [0.2, 0.25) is 11.8 Å². The summed E-state index contributed by atoms with van der Waals surface area (Å²) in [7, 11) is 0. The Kier molecular flexibility index (Phi) is 5.18. The molecule has 0 unspecified atom stereocenters. The third kappa shape index (κ3) is 3.47. The summed E-state index contributed by atoms with van der Waals surface area (Å²) < 4.78 is 10.2. The van der Waals surface area contributed by atoms with Gasteiger partial charge in [-0.25, -0.2) is 4.79 Å². The van der Waals surface area contributed by atoms with Crippen LogP contribution in [0.15, 0.2) is 28.7 Å². The van der Waals surface area contributed by atoms with E-state index in [-0.39, 0.29) is 40.5 Å². The van der Waals surface area contributed by atoms with Crippen LogP contribution in [0.2, 0.25) is 0 Å². The number of imide groups is 1. The zero-order valence-corrected chi connectivity index (χ0v) is 15.6. The smallest absolute Gasteiger partial charge is 0.342 e. The molecule has 1 aliphatic rings. The number of amides is 4. The fourth-order valence-electron chi connectivity index (χ4n) is 3.01. The van der Waals surface area contributed by atoms with Crippen LogP contribution in [0.1, 0.15) is 54.1 Å². The second-order valence-electron chi connectivity index (χ2n) is 6.11. The van der Waals surface area contributed by atoms with Crippen LogP contribution in [0.4, 0.5) is 5.88 Å². The lowest BCUT2D eigenvalue weighted by molar-refractivity contribution is -0.116. The summed E-state index contributed by atoms with van der Waals surface area (Å²) in [5.41, 5.74) is 5.17. The van der Waals surface area contributed by atoms with Gasteiger partial charge >= 0.3 is 5.97 Å². The monoisotopic (exact) mass is 399 g/mol. The van der Waals surface area contributed by atoms with Gasteiger partial charge in [-0.15, -0.1) is 0 Å². The molecule has 150 valence electrons. The Bertz CT molecular complexity index is 1020. The maximum Gasteiger partial charge on any atom is 0.342 e. The van der Waals surface area contributed by atoms with Gasteiger partial charge in [-0.1, -0.05) is 12.1 Å². The van der Waals surface area contributed by atoms with Crippen LogP contribution < -0.4 is 11.1 Å². The molecule has 0 saturated carbocycles. The largest absolute Gasteiger partial charge is 0.462 e. The molecule has 29 heavy (non-hydrogen) atoms. The van der Waals surface area contributed by atoms with Crippen molar-refractivity contribution in [1.29, 1.82) is 0 Å². The third-order valence-corrected chi connectivity index (χ3v) is 4.24. The normalized spacial score (nSPS) is 12.7. The first-order valence-electron chi connectivity index (χ1n) is 8.61. The Hall–Kier alpha value is -3.95. The second-order valence-corrected chi connectivity index (χ2v) is 6.11. The fraction of sp³-hybridized carbons (Fsp3) is 0.211. The zero-order valence-electron chi connectivity index (χ0n) is 15.6. The molecule has 0 atom stereocenters. The molecule has 0 aliphatic carbocycles. The Morgan fingerprint density at radius 2 is 1.69 bits per heavy atom. The molecule has 3 N–H and O–H groups in total. The number of hydrogen-bond acceptors (Lipinski definition) is 7. The predicted molar refractivity (Wildman–Crippen MR) is 98.4 cm³/mol. The van der Waals surface area contributed by atoms with Crippen LogP contribution in [0, 0.1) is 6.92 Å². The van der Waals surface area contributed by atoms with Crippen molar-refractivity contribution in [3.8, 4) is 0 Å². The van der Waals surface area contributed by atoms with Gasteiger partial charge < -0.3 is 14.9 Å². The number of anilines is 1. The van der Waals surface area contributed by atoms with Crippen molar-refractivity contribution in [1.82, 2.24) is 4.90 Å². The van der Waals surface area contributed by atoms with Gasteiger partial charge in [-0.2, -0.15) is 0 Å². The first-order chi connectivity index (χ1) is 13.8. The Morgan fingerprint density at radius 3 is 2.21 bits per heavy atom. The number of hydrogen-bond donors (Lipinski definition) is 2. The number of nitrogens with zero attached hydrogens (tertiary/aromatic N) is 1. The van der Waals surface area contributed by atoms with Gasteiger partial charge in [0.1, 0.15) is 23.4 Å². The highest BCUT2D eigenvalue weighted by Crippen LogP contribution is 2.28. The Morgan fingerprint density at radius 1 is 1.10 bits per heavy atom. The number of esters is 1. The van der Waals surface area contributed by atoms with Gasteiger partial charge in [0, 0.05) is 0 Å². The summed E-state index contributed by atoms with van der Waals surface area (Å²) in [5.74, 6) is -4.22. The second kappa shape index (κ2) is 7.58. The van der Waals surface area contributed by atoms with E-state index in [1.54, 1.807) is 19.1 Å². The van der Waals surface area contributed by atoms with E-state index >= 15 is 0 Å². The molecular weight excluding hydrogens is 382 g/mol. The molecule has 2 aromatic rings. The van der Waals surface area contributed by atoms with E-state index in [0.29, 0.717) is 0 Å². The molecule has 1 aromatic carbocycles. The number of nitrogens with two attached hydrogens (primary N) is 1. The third-order valence-electron chi connectivity index (χ3n) is 4.24. The average molecular weight is 399 g/mol. The van der Waals surface area contributed by atoms with Crippen LogP contribution in [0.3, 0.4) is 0 Å². The number of aryl methyl sites for hydroxylation is 1. The van der Waals surface area contributed by atoms with Gasteiger partial charge in [0.05, 0.1) is 17.7 Å². The number of ether oxygens (including phenoxy) is 1. The number of primary amides is 1. The van der Waals surface area contributed by atoms with Gasteiger partial charge in [-0.3, -0.25) is 29.4 Å².